The molecule has 1 aliphatic rings. The van der Waals surface area contributed by atoms with Gasteiger partial charge in [-0.25, -0.2) is 0 Å². The highest BCUT2D eigenvalue weighted by Gasteiger charge is 2.47. The van der Waals surface area contributed by atoms with Gasteiger partial charge in [-0.1, -0.05) is 36.4 Å². The summed E-state index contributed by atoms with van der Waals surface area (Å²) in [6.07, 6.45) is 0.685. The van der Waals surface area contributed by atoms with E-state index >= 15 is 0 Å². The highest BCUT2D eigenvalue weighted by molar-refractivity contribution is 7.09. The minimum Gasteiger partial charge on any atom is -0.497 e. The van der Waals surface area contributed by atoms with Gasteiger partial charge in [-0.05, 0) is 60.7 Å². The first kappa shape index (κ1) is 23.8. The van der Waals surface area contributed by atoms with Gasteiger partial charge in [0, 0.05) is 23.5 Å². The van der Waals surface area contributed by atoms with Crippen LogP contribution < -0.4 is 10.1 Å². The van der Waals surface area contributed by atoms with Crippen LogP contribution in [0.25, 0.3) is 11.3 Å². The van der Waals surface area contributed by atoms with Gasteiger partial charge < -0.3 is 15.0 Å². The summed E-state index contributed by atoms with van der Waals surface area (Å²) in [6.45, 7) is 2.94. The highest BCUT2D eigenvalue weighted by Crippen LogP contribution is 2.31. The Morgan fingerprint density at radius 3 is 2.58 bits per heavy atom. The first-order valence-electron chi connectivity index (χ1n) is 11.9. The van der Waals surface area contributed by atoms with Crippen molar-refractivity contribution in [2.75, 3.05) is 13.7 Å². The van der Waals surface area contributed by atoms with Crippen molar-refractivity contribution in [1.29, 1.82) is 0 Å². The largest absolute Gasteiger partial charge is 0.497 e. The predicted molar refractivity (Wildman–Crippen MR) is 140 cm³/mol. The fourth-order valence-electron chi connectivity index (χ4n) is 4.54. The molecule has 184 valence electrons. The Hall–Kier alpha value is -3.91. The lowest BCUT2D eigenvalue weighted by Crippen LogP contribution is -2.64. The molecule has 0 saturated heterocycles. The Labute approximate surface area is 214 Å². The third-order valence-corrected chi connectivity index (χ3v) is 7.57. The Morgan fingerprint density at radius 1 is 1.11 bits per heavy atom. The Balaban J connectivity index is 1.45. The van der Waals surface area contributed by atoms with E-state index in [0.717, 1.165) is 16.9 Å². The summed E-state index contributed by atoms with van der Waals surface area (Å²) in [5.41, 5.74) is 1.97. The van der Waals surface area contributed by atoms with Gasteiger partial charge in [-0.3, -0.25) is 14.3 Å². The molecule has 36 heavy (non-hydrogen) atoms. The summed E-state index contributed by atoms with van der Waals surface area (Å²) in [4.78, 5) is 30.3. The number of nitrogens with zero attached hydrogens (tertiary/aromatic N) is 3. The molecular weight excluding hydrogens is 472 g/mol. The summed E-state index contributed by atoms with van der Waals surface area (Å²) >= 11 is 1.65. The molecule has 0 fully saturated rings. The van der Waals surface area contributed by atoms with Crippen molar-refractivity contribution in [3.8, 4) is 17.0 Å². The zero-order chi connectivity index (χ0) is 25.1. The normalized spacial score (nSPS) is 17.1. The van der Waals surface area contributed by atoms with Crippen LogP contribution in [0.1, 0.15) is 27.9 Å². The van der Waals surface area contributed by atoms with Gasteiger partial charge in [0.2, 0.25) is 5.91 Å². The number of hydrogen-bond acceptors (Lipinski definition) is 5. The minimum atomic E-state index is -1.08. The predicted octanol–water partition coefficient (Wildman–Crippen LogP) is 4.39. The number of ether oxygens (including phenoxy) is 1. The van der Waals surface area contributed by atoms with Crippen LogP contribution in [-0.2, 0) is 24.3 Å². The van der Waals surface area contributed by atoms with E-state index in [9.17, 15) is 9.59 Å². The summed E-state index contributed by atoms with van der Waals surface area (Å²) in [6, 6.07) is 23.2. The van der Waals surface area contributed by atoms with Crippen molar-refractivity contribution in [3.05, 3.63) is 94.3 Å². The summed E-state index contributed by atoms with van der Waals surface area (Å²) in [5.74, 6) is 0.363. The molecule has 5 rings (SSSR count). The van der Waals surface area contributed by atoms with Crippen LogP contribution >= 0.6 is 11.3 Å². The van der Waals surface area contributed by atoms with Crippen LogP contribution in [-0.4, -0.2) is 45.7 Å². The molecule has 2 amide bonds. The molecule has 1 aliphatic heterocycles. The van der Waals surface area contributed by atoms with E-state index in [2.05, 4.69) is 11.4 Å². The van der Waals surface area contributed by atoms with Gasteiger partial charge in [0.1, 0.15) is 17.0 Å². The van der Waals surface area contributed by atoms with Crippen molar-refractivity contribution >= 4 is 23.2 Å². The van der Waals surface area contributed by atoms with Gasteiger partial charge >= 0.3 is 0 Å². The Morgan fingerprint density at radius 2 is 1.89 bits per heavy atom. The number of amides is 2. The number of rotatable bonds is 8. The second-order valence-corrected chi connectivity index (χ2v) is 10.1. The number of benzene rings is 2. The fourth-order valence-corrected chi connectivity index (χ4v) is 5.24. The molecule has 1 atom stereocenters. The third kappa shape index (κ3) is 4.64. The number of fused-ring (bicyclic) bond motifs is 1. The molecule has 3 heterocycles. The number of aromatic nitrogens is 2. The molecule has 0 aliphatic carbocycles. The molecule has 2 aromatic carbocycles. The lowest BCUT2D eigenvalue weighted by Gasteiger charge is -2.43. The molecule has 0 unspecified atom stereocenters. The molecule has 1 N–H and O–H groups in total. The zero-order valence-corrected chi connectivity index (χ0v) is 21.1. The maximum atomic E-state index is 13.8. The first-order valence-corrected chi connectivity index (χ1v) is 12.7. The summed E-state index contributed by atoms with van der Waals surface area (Å²) < 4.78 is 6.93. The van der Waals surface area contributed by atoms with Crippen LogP contribution in [0.5, 0.6) is 5.75 Å². The quantitative estimate of drug-likeness (QED) is 0.389. The van der Waals surface area contributed by atoms with E-state index in [1.54, 1.807) is 28.0 Å². The number of hydrogen-bond donors (Lipinski definition) is 1. The number of carbonyl (C=O) groups is 2. The second-order valence-electron chi connectivity index (χ2n) is 9.03. The van der Waals surface area contributed by atoms with Crippen molar-refractivity contribution in [2.24, 2.45) is 0 Å². The lowest BCUT2D eigenvalue weighted by atomic mass is 9.94. The molecule has 4 aromatic rings. The maximum absolute atomic E-state index is 13.8. The number of nitrogens with one attached hydrogen (secondary N) is 1. The molecule has 0 spiro atoms. The average molecular weight is 501 g/mol. The minimum absolute atomic E-state index is 0.192. The summed E-state index contributed by atoms with van der Waals surface area (Å²) in [5, 5.41) is 9.79. The molecule has 0 saturated carbocycles. The molecule has 7 nitrogen and oxygen atoms in total. The lowest BCUT2D eigenvalue weighted by molar-refractivity contribution is -0.133. The van der Waals surface area contributed by atoms with E-state index in [-0.39, 0.29) is 18.4 Å². The van der Waals surface area contributed by atoms with E-state index < -0.39 is 5.54 Å². The second kappa shape index (κ2) is 9.99. The SMILES string of the molecule is COc1ccc(-c2cc3n(n2)C[C@@](C)(C(=O)NCc2ccccc2)N(CCc2cccs2)C3=O)cc1. The van der Waals surface area contributed by atoms with Gasteiger partial charge in [-0.2, -0.15) is 5.10 Å². The van der Waals surface area contributed by atoms with Gasteiger partial charge in [0.25, 0.3) is 5.91 Å². The third-order valence-electron chi connectivity index (χ3n) is 6.63. The topological polar surface area (TPSA) is 76.5 Å². The van der Waals surface area contributed by atoms with Crippen molar-refractivity contribution in [3.63, 3.8) is 0 Å². The van der Waals surface area contributed by atoms with Gasteiger partial charge in [-0.15, -0.1) is 11.3 Å². The molecule has 0 radical (unpaired) electrons. The van der Waals surface area contributed by atoms with Crippen molar-refractivity contribution in [2.45, 2.75) is 32.0 Å². The highest BCUT2D eigenvalue weighted by atomic mass is 32.1. The number of thiophene rings is 1. The van der Waals surface area contributed by atoms with Gasteiger partial charge in [0.15, 0.2) is 0 Å². The number of carbonyl (C=O) groups excluding carboxylic acids is 2. The van der Waals surface area contributed by atoms with Crippen LogP contribution in [0.3, 0.4) is 0 Å². The zero-order valence-electron chi connectivity index (χ0n) is 20.3. The molecule has 8 heteroatoms. The van der Waals surface area contributed by atoms with Crippen molar-refractivity contribution < 1.29 is 14.3 Å². The van der Waals surface area contributed by atoms with Crippen LogP contribution in [0.15, 0.2) is 78.2 Å². The molecular formula is C28H28N4O3S. The monoisotopic (exact) mass is 500 g/mol. The van der Waals surface area contributed by atoms with Crippen LogP contribution in [0.2, 0.25) is 0 Å². The first-order chi connectivity index (χ1) is 17.5. The average Bonchev–Trinajstić information content (AvgIpc) is 3.58. The smallest absolute Gasteiger partial charge is 0.273 e. The Bertz CT molecular complexity index is 1350. The fraction of sp³-hybridized carbons (Fsp3) is 0.250. The summed E-state index contributed by atoms with van der Waals surface area (Å²) in [7, 11) is 1.62. The van der Waals surface area contributed by atoms with E-state index in [1.165, 1.54) is 4.88 Å². The molecule has 2 aromatic heterocycles. The van der Waals surface area contributed by atoms with Crippen LogP contribution in [0.4, 0.5) is 0 Å². The Kier molecular flexibility index (Phi) is 6.61. The standard InChI is InChI=1S/C28H28N4O3S/c1-28(27(34)29-18-20-7-4-3-5-8-20)19-32-25(26(33)31(28)15-14-23-9-6-16-36-23)17-24(30-32)21-10-12-22(35-2)13-11-21/h3-13,16-17H,14-15,18-19H2,1-2H3,(H,29,34)/t28-/m0/s1. The maximum Gasteiger partial charge on any atom is 0.273 e. The van der Waals surface area contributed by atoms with E-state index in [4.69, 9.17) is 9.84 Å². The van der Waals surface area contributed by atoms with Crippen molar-refractivity contribution in [1.82, 2.24) is 20.0 Å². The van der Waals surface area contributed by atoms with Gasteiger partial charge in [0.05, 0.1) is 19.3 Å². The van der Waals surface area contributed by atoms with Crippen LogP contribution in [0, 0.1) is 0 Å². The van der Waals surface area contributed by atoms with E-state index in [1.807, 2.05) is 79.0 Å². The van der Waals surface area contributed by atoms with E-state index in [0.29, 0.717) is 30.9 Å². The number of methoxy groups -OCH3 is 1. The molecule has 0 bridgehead atoms.